The van der Waals surface area contributed by atoms with E-state index in [-0.39, 0.29) is 6.29 Å². The van der Waals surface area contributed by atoms with Gasteiger partial charge in [-0.15, -0.1) is 0 Å². The lowest BCUT2D eigenvalue weighted by molar-refractivity contribution is 1.41. The highest BCUT2D eigenvalue weighted by molar-refractivity contribution is 8.21. The lowest BCUT2D eigenvalue weighted by atomic mass is 11.5. The van der Waals surface area contributed by atoms with Crippen LogP contribution in [0.5, 0.6) is 0 Å². The molecule has 0 bridgehead atoms. The minimum absolute atomic E-state index is 0.0793. The van der Waals surface area contributed by atoms with Crippen LogP contribution in [0.25, 0.3) is 0 Å². The Morgan fingerprint density at radius 1 is 1.07 bits per heavy atom. The molecular weight excluding hydrogens is 372 g/mol. The molecule has 0 aliphatic heterocycles. The highest BCUT2D eigenvalue weighted by Crippen LogP contribution is 2.73. The van der Waals surface area contributed by atoms with Crippen molar-refractivity contribution >= 4 is 91.2 Å². The molecular formula is C2H6Cl6N3P3. The molecule has 86 valence electrons. The Morgan fingerprint density at radius 3 is 1.79 bits per heavy atom. The first-order valence-corrected chi connectivity index (χ1v) is 13.9. The van der Waals surface area contributed by atoms with Crippen LogP contribution in [0.2, 0.25) is 0 Å². The van der Waals surface area contributed by atoms with Gasteiger partial charge in [-0.05, 0) is 22.5 Å². The van der Waals surface area contributed by atoms with Crippen molar-refractivity contribution < 1.29 is 0 Å². The van der Waals surface area contributed by atoms with Gasteiger partial charge in [0.25, 0.3) is 0 Å². The van der Waals surface area contributed by atoms with Crippen molar-refractivity contribution in [3.05, 3.63) is 0 Å². The van der Waals surface area contributed by atoms with E-state index < -0.39 is 17.4 Å². The molecule has 0 radical (unpaired) electrons. The molecule has 0 spiro atoms. The van der Waals surface area contributed by atoms with Crippen LogP contribution in [0, 0.1) is 0 Å². The zero-order valence-corrected chi connectivity index (χ0v) is 13.7. The largest absolute Gasteiger partial charge is 0.273 e. The molecule has 3 nitrogen and oxygen atoms in total. The van der Waals surface area contributed by atoms with Crippen LogP contribution >= 0.6 is 84.9 Å². The summed E-state index contributed by atoms with van der Waals surface area (Å²) in [6.45, 7) is 0. The fraction of sp³-hybridized carbons (Fsp3) is 0.500. The van der Waals surface area contributed by atoms with Gasteiger partial charge in [0.1, 0.15) is 6.29 Å². The molecule has 12 heteroatoms. The van der Waals surface area contributed by atoms with E-state index in [2.05, 4.69) is 15.6 Å². The summed E-state index contributed by atoms with van der Waals surface area (Å²) in [6, 6.07) is 0. The van der Waals surface area contributed by atoms with E-state index in [9.17, 15) is 0 Å². The molecule has 0 aliphatic carbocycles. The molecule has 0 unspecified atom stereocenters. The number of hydrogen-bond donors (Lipinski definition) is 1. The van der Waals surface area contributed by atoms with Gasteiger partial charge in [0.15, 0.2) is 11.5 Å². The highest BCUT2D eigenvalue weighted by atomic mass is 35.9. The van der Waals surface area contributed by atoms with Crippen LogP contribution in [-0.2, 0) is 0 Å². The van der Waals surface area contributed by atoms with Crippen LogP contribution in [-0.4, -0.2) is 12.6 Å². The fourth-order valence-electron chi connectivity index (χ4n) is 0.380. The second-order valence-corrected chi connectivity index (χ2v) is 18.2. The van der Waals surface area contributed by atoms with E-state index >= 15 is 0 Å². The van der Waals surface area contributed by atoms with Gasteiger partial charge in [0, 0.05) is 0 Å². The quantitative estimate of drug-likeness (QED) is 0.560. The number of halogens is 6. The molecule has 0 saturated carbocycles. The lowest BCUT2D eigenvalue weighted by Crippen LogP contribution is -1.79. The second-order valence-electron chi connectivity index (χ2n) is 2.09. The third-order valence-corrected chi connectivity index (χ3v) is 7.72. The van der Waals surface area contributed by atoms with Gasteiger partial charge in [0.2, 0.25) is 5.91 Å². The van der Waals surface area contributed by atoms with Crippen molar-refractivity contribution in [3.63, 3.8) is 0 Å². The average molecular weight is 378 g/mol. The summed E-state index contributed by atoms with van der Waals surface area (Å²) in [5.41, 5.74) is 5.27. The Hall–Kier alpha value is 2.46. The Balaban J connectivity index is 4.86. The van der Waals surface area contributed by atoms with Crippen molar-refractivity contribution in [2.24, 2.45) is 14.8 Å². The van der Waals surface area contributed by atoms with Crippen molar-refractivity contribution in [1.82, 2.24) is 0 Å². The molecule has 0 fully saturated rings. The first-order valence-electron chi connectivity index (χ1n) is 2.82. The van der Waals surface area contributed by atoms with E-state index in [1.54, 1.807) is 0 Å². The van der Waals surface area contributed by atoms with E-state index in [0.29, 0.717) is 0 Å². The van der Waals surface area contributed by atoms with Crippen LogP contribution in [0.4, 0.5) is 0 Å². The first-order chi connectivity index (χ1) is 5.91. The molecule has 0 aromatic rings. The molecule has 0 aromatic carbocycles. The third-order valence-electron chi connectivity index (χ3n) is 0.684. The predicted molar refractivity (Wildman–Crippen MR) is 76.9 cm³/mol. The van der Waals surface area contributed by atoms with E-state index in [1.165, 1.54) is 0 Å². The predicted octanol–water partition coefficient (Wildman–Crippen LogP) is 6.51. The van der Waals surface area contributed by atoms with Crippen LogP contribution in [0.3, 0.4) is 0 Å². The summed E-state index contributed by atoms with van der Waals surface area (Å²) in [6.07, 6.45) is 3.33. The maximum atomic E-state index is 5.81. The summed E-state index contributed by atoms with van der Waals surface area (Å²) in [5.74, 6) is -8.25. The summed E-state index contributed by atoms with van der Waals surface area (Å²) in [4.78, 5) is 0. The molecule has 0 atom stereocenters. The van der Waals surface area contributed by atoms with E-state index in [1.807, 2.05) is 0 Å². The molecule has 0 aromatic heterocycles. The number of nitrogens with two attached hydrogens (primary N) is 1. The Bertz CT molecular complexity index is 337. The first kappa shape index (κ1) is 16.5. The Morgan fingerprint density at radius 2 is 1.50 bits per heavy atom. The zero-order chi connectivity index (χ0) is 11.6. The number of nitrogens with zero attached hydrogens (tertiary/aromatic N) is 2. The van der Waals surface area contributed by atoms with Crippen molar-refractivity contribution in [1.29, 1.82) is 0 Å². The fourth-order valence-corrected chi connectivity index (χ4v) is 10.5. The maximum Gasteiger partial charge on any atom is 0.200 e. The van der Waals surface area contributed by atoms with Crippen molar-refractivity contribution in [2.45, 2.75) is 0 Å². The number of hydrogen-bond acceptors (Lipinski definition) is 2. The molecule has 14 heavy (non-hydrogen) atoms. The van der Waals surface area contributed by atoms with Crippen LogP contribution in [0.1, 0.15) is 0 Å². The van der Waals surface area contributed by atoms with Gasteiger partial charge < -0.3 is 0 Å². The summed E-state index contributed by atoms with van der Waals surface area (Å²) < 4.78 is 7.46. The van der Waals surface area contributed by atoms with Gasteiger partial charge in [-0.3, -0.25) is 10.2 Å². The Kier molecular flexibility index (Phi) is 6.91. The SMILES string of the molecule is C=P(Cl)(Cl)N=P(Cl)(Cl)CN=P(N)(Cl)Cl. The minimum atomic E-state index is -2.80. The van der Waals surface area contributed by atoms with Crippen LogP contribution in [0.15, 0.2) is 9.26 Å². The van der Waals surface area contributed by atoms with Crippen molar-refractivity contribution in [2.75, 3.05) is 6.29 Å². The molecule has 0 saturated heterocycles. The number of rotatable bonds is 3. The lowest BCUT2D eigenvalue weighted by Gasteiger charge is -2.10. The monoisotopic (exact) mass is 375 g/mol. The topological polar surface area (TPSA) is 50.7 Å². The molecule has 0 heterocycles. The van der Waals surface area contributed by atoms with E-state index in [0.717, 1.165) is 0 Å². The summed E-state index contributed by atoms with van der Waals surface area (Å²) in [7, 11) is 0. The van der Waals surface area contributed by atoms with E-state index in [4.69, 9.17) is 72.9 Å². The zero-order valence-electron chi connectivity index (χ0n) is 6.50. The molecule has 0 amide bonds. The van der Waals surface area contributed by atoms with Gasteiger partial charge in [-0.2, -0.15) is 0 Å². The second kappa shape index (κ2) is 5.87. The van der Waals surface area contributed by atoms with Gasteiger partial charge in [-0.25, -0.2) is 4.52 Å². The highest BCUT2D eigenvalue weighted by Gasteiger charge is 2.17. The maximum absolute atomic E-state index is 5.81. The van der Waals surface area contributed by atoms with Gasteiger partial charge in [0.05, 0.1) is 0 Å². The smallest absolute Gasteiger partial charge is 0.200 e. The Labute approximate surface area is 111 Å². The molecule has 2 N–H and O–H groups in total. The third kappa shape index (κ3) is 11.0. The summed E-state index contributed by atoms with van der Waals surface area (Å²) in [5, 5.41) is 0. The summed E-state index contributed by atoms with van der Waals surface area (Å²) >= 11 is 33.8. The average Bonchev–Trinajstić information content (AvgIpc) is 1.76. The normalized spacial score (nSPS) is 13.9. The van der Waals surface area contributed by atoms with Crippen LogP contribution < -0.4 is 5.50 Å². The van der Waals surface area contributed by atoms with Gasteiger partial charge in [-0.1, -0.05) is 51.3 Å². The minimum Gasteiger partial charge on any atom is -0.273 e. The van der Waals surface area contributed by atoms with Gasteiger partial charge >= 0.3 is 0 Å². The van der Waals surface area contributed by atoms with Crippen molar-refractivity contribution in [3.8, 4) is 0 Å². The standard InChI is InChI=1S/C2H6Cl6N3P3/c1-12(3,4)11-13(5,6)2-10-14(7,8)9/h1-2,9H2. The molecule has 0 aliphatic rings. The molecule has 0 rings (SSSR count).